The predicted octanol–water partition coefficient (Wildman–Crippen LogP) is 2.72. The van der Waals surface area contributed by atoms with Crippen molar-refractivity contribution in [3.8, 4) is 5.75 Å². The van der Waals surface area contributed by atoms with Crippen LogP contribution in [0.1, 0.15) is 30.1 Å². The maximum absolute atomic E-state index is 13.3. The van der Waals surface area contributed by atoms with E-state index in [1.54, 1.807) is 0 Å². The first-order valence-electron chi connectivity index (χ1n) is 5.89. The van der Waals surface area contributed by atoms with Crippen LogP contribution in [0.2, 0.25) is 0 Å². The second kappa shape index (κ2) is 7.66. The van der Waals surface area contributed by atoms with Crippen molar-refractivity contribution in [1.29, 1.82) is 0 Å². The van der Waals surface area contributed by atoms with Gasteiger partial charge in [-0.1, -0.05) is 19.4 Å². The Hall–Kier alpha value is -1.62. The molecule has 4 nitrogen and oxygen atoms in total. The summed E-state index contributed by atoms with van der Waals surface area (Å²) in [6.07, 6.45) is 2.02. The van der Waals surface area contributed by atoms with Crippen LogP contribution >= 0.6 is 0 Å². The van der Waals surface area contributed by atoms with Crippen molar-refractivity contribution in [1.82, 2.24) is 0 Å². The number of halogens is 1. The van der Waals surface area contributed by atoms with Crippen molar-refractivity contribution in [2.45, 2.75) is 19.8 Å². The van der Waals surface area contributed by atoms with Crippen molar-refractivity contribution in [2.24, 2.45) is 0 Å². The minimum Gasteiger partial charge on any atom is -0.490 e. The molecule has 0 saturated carbocycles. The summed E-state index contributed by atoms with van der Waals surface area (Å²) >= 11 is 0. The van der Waals surface area contributed by atoms with Gasteiger partial charge in [-0.3, -0.25) is 0 Å². The molecular formula is C13H17FO4. The normalized spacial score (nSPS) is 10.3. The van der Waals surface area contributed by atoms with Crippen LogP contribution in [0.5, 0.6) is 5.75 Å². The monoisotopic (exact) mass is 256 g/mol. The molecule has 18 heavy (non-hydrogen) atoms. The van der Waals surface area contributed by atoms with Crippen molar-refractivity contribution < 1.29 is 23.8 Å². The lowest BCUT2D eigenvalue weighted by molar-refractivity contribution is 0.0679. The molecular weight excluding hydrogens is 239 g/mol. The SMILES string of the molecule is CCCCOCCOc1cccc(F)c1C(=O)O. The molecule has 0 aliphatic carbocycles. The first kappa shape index (κ1) is 14.4. The van der Waals surface area contributed by atoms with E-state index in [0.29, 0.717) is 13.2 Å². The second-order valence-corrected chi connectivity index (χ2v) is 3.73. The molecule has 1 rings (SSSR count). The molecule has 0 atom stereocenters. The van der Waals surface area contributed by atoms with Gasteiger partial charge in [0.15, 0.2) is 0 Å². The lowest BCUT2D eigenvalue weighted by Crippen LogP contribution is -2.11. The molecule has 0 spiro atoms. The first-order valence-corrected chi connectivity index (χ1v) is 5.89. The van der Waals surface area contributed by atoms with Crippen LogP contribution in [-0.4, -0.2) is 30.9 Å². The first-order chi connectivity index (χ1) is 8.66. The van der Waals surface area contributed by atoms with Gasteiger partial charge in [0.25, 0.3) is 0 Å². The number of hydrogen-bond donors (Lipinski definition) is 1. The third-order valence-corrected chi connectivity index (χ3v) is 2.32. The minimum absolute atomic E-state index is 0.0293. The van der Waals surface area contributed by atoms with Gasteiger partial charge in [-0.15, -0.1) is 0 Å². The number of carbonyl (C=O) groups is 1. The average Bonchev–Trinajstić information content (AvgIpc) is 2.33. The van der Waals surface area contributed by atoms with Crippen LogP contribution in [-0.2, 0) is 4.74 Å². The Labute approximate surface area is 105 Å². The highest BCUT2D eigenvalue weighted by molar-refractivity contribution is 5.91. The van der Waals surface area contributed by atoms with Crippen molar-refractivity contribution >= 4 is 5.97 Å². The zero-order valence-electron chi connectivity index (χ0n) is 10.3. The predicted molar refractivity (Wildman–Crippen MR) is 64.6 cm³/mol. The molecule has 5 heteroatoms. The van der Waals surface area contributed by atoms with E-state index >= 15 is 0 Å². The van der Waals surface area contributed by atoms with Crippen molar-refractivity contribution in [3.63, 3.8) is 0 Å². The lowest BCUT2D eigenvalue weighted by Gasteiger charge is -2.09. The minimum atomic E-state index is -1.34. The molecule has 0 amide bonds. The summed E-state index contributed by atoms with van der Waals surface area (Å²) in [5.41, 5.74) is -0.439. The standard InChI is InChI=1S/C13H17FO4/c1-2-3-7-17-8-9-18-11-6-4-5-10(14)12(11)13(15)16/h4-6H,2-3,7-9H2,1H3,(H,15,16). The number of ether oxygens (including phenoxy) is 2. The van der Waals surface area contributed by atoms with Gasteiger partial charge in [0.05, 0.1) is 6.61 Å². The topological polar surface area (TPSA) is 55.8 Å². The highest BCUT2D eigenvalue weighted by Gasteiger charge is 2.16. The Kier molecular flexibility index (Phi) is 6.14. The van der Waals surface area contributed by atoms with E-state index in [9.17, 15) is 9.18 Å². The number of carboxylic acids is 1. The molecule has 0 saturated heterocycles. The summed E-state index contributed by atoms with van der Waals surface area (Å²) in [7, 11) is 0. The van der Waals surface area contributed by atoms with Crippen LogP contribution in [0.3, 0.4) is 0 Å². The molecule has 1 aromatic carbocycles. The highest BCUT2D eigenvalue weighted by atomic mass is 19.1. The molecule has 0 heterocycles. The Bertz CT molecular complexity index is 393. The van der Waals surface area contributed by atoms with Crippen LogP contribution in [0.15, 0.2) is 18.2 Å². The smallest absolute Gasteiger partial charge is 0.342 e. The summed E-state index contributed by atoms with van der Waals surface area (Å²) < 4.78 is 23.8. The number of benzene rings is 1. The fraction of sp³-hybridized carbons (Fsp3) is 0.462. The number of hydrogen-bond acceptors (Lipinski definition) is 3. The maximum Gasteiger partial charge on any atom is 0.342 e. The van der Waals surface area contributed by atoms with Crippen LogP contribution in [0, 0.1) is 5.82 Å². The summed E-state index contributed by atoms with van der Waals surface area (Å²) in [6, 6.07) is 3.93. The zero-order chi connectivity index (χ0) is 13.4. The van der Waals surface area contributed by atoms with Crippen molar-refractivity contribution in [3.05, 3.63) is 29.6 Å². The van der Waals surface area contributed by atoms with Gasteiger partial charge in [-0.2, -0.15) is 0 Å². The van der Waals surface area contributed by atoms with Gasteiger partial charge in [-0.05, 0) is 18.6 Å². The fourth-order valence-corrected chi connectivity index (χ4v) is 1.39. The number of unbranched alkanes of at least 4 members (excludes halogenated alkanes) is 1. The molecule has 0 bridgehead atoms. The van der Waals surface area contributed by atoms with E-state index in [1.165, 1.54) is 12.1 Å². The van der Waals surface area contributed by atoms with E-state index in [4.69, 9.17) is 14.6 Å². The third-order valence-electron chi connectivity index (χ3n) is 2.32. The van der Waals surface area contributed by atoms with E-state index in [2.05, 4.69) is 6.92 Å². The number of carboxylic acid groups (broad SMARTS) is 1. The zero-order valence-corrected chi connectivity index (χ0v) is 10.3. The molecule has 0 aliphatic heterocycles. The summed E-state index contributed by atoms with van der Waals surface area (Å²) in [6.45, 7) is 3.27. The summed E-state index contributed by atoms with van der Waals surface area (Å²) in [4.78, 5) is 10.9. The van der Waals surface area contributed by atoms with E-state index in [1.807, 2.05) is 0 Å². The third kappa shape index (κ3) is 4.33. The summed E-state index contributed by atoms with van der Waals surface area (Å²) in [5, 5.41) is 8.87. The molecule has 0 unspecified atom stereocenters. The van der Waals surface area contributed by atoms with Gasteiger partial charge in [0, 0.05) is 6.61 Å². The Balaban J connectivity index is 2.47. The Morgan fingerprint density at radius 3 is 2.78 bits per heavy atom. The van der Waals surface area contributed by atoms with Crippen LogP contribution in [0.4, 0.5) is 4.39 Å². The highest BCUT2D eigenvalue weighted by Crippen LogP contribution is 2.21. The van der Waals surface area contributed by atoms with Gasteiger partial charge < -0.3 is 14.6 Å². The lowest BCUT2D eigenvalue weighted by atomic mass is 10.2. The van der Waals surface area contributed by atoms with Crippen molar-refractivity contribution in [2.75, 3.05) is 19.8 Å². The fourth-order valence-electron chi connectivity index (χ4n) is 1.39. The molecule has 0 aliphatic rings. The maximum atomic E-state index is 13.3. The largest absolute Gasteiger partial charge is 0.490 e. The van der Waals surface area contributed by atoms with Gasteiger partial charge >= 0.3 is 5.97 Å². The number of aromatic carboxylic acids is 1. The van der Waals surface area contributed by atoms with E-state index < -0.39 is 17.3 Å². The molecule has 0 radical (unpaired) electrons. The van der Waals surface area contributed by atoms with Crippen LogP contribution < -0.4 is 4.74 Å². The van der Waals surface area contributed by atoms with Crippen LogP contribution in [0.25, 0.3) is 0 Å². The quantitative estimate of drug-likeness (QED) is 0.726. The molecule has 100 valence electrons. The van der Waals surface area contributed by atoms with E-state index in [-0.39, 0.29) is 12.4 Å². The van der Waals surface area contributed by atoms with Gasteiger partial charge in [0.2, 0.25) is 0 Å². The molecule has 1 aromatic rings. The molecule has 1 N–H and O–H groups in total. The Morgan fingerprint density at radius 1 is 1.33 bits per heavy atom. The van der Waals surface area contributed by atoms with E-state index in [0.717, 1.165) is 18.9 Å². The van der Waals surface area contributed by atoms with Gasteiger partial charge in [0.1, 0.15) is 23.7 Å². The Morgan fingerprint density at radius 2 is 2.11 bits per heavy atom. The van der Waals surface area contributed by atoms with Gasteiger partial charge in [-0.25, -0.2) is 9.18 Å². The molecule has 0 aromatic heterocycles. The molecule has 0 fully saturated rings. The second-order valence-electron chi connectivity index (χ2n) is 3.73. The summed E-state index contributed by atoms with van der Waals surface area (Å²) in [5.74, 6) is -2.11. The number of rotatable bonds is 8. The average molecular weight is 256 g/mol.